The molecule has 3 heteroatoms. The summed E-state index contributed by atoms with van der Waals surface area (Å²) in [7, 11) is 0. The predicted molar refractivity (Wildman–Crippen MR) is 89.3 cm³/mol. The van der Waals surface area contributed by atoms with Crippen LogP contribution in [-0.2, 0) is 13.0 Å². The third kappa shape index (κ3) is 4.48. The maximum absolute atomic E-state index is 6.32. The minimum atomic E-state index is 0.401. The molecule has 2 nitrogen and oxygen atoms in total. The van der Waals surface area contributed by atoms with E-state index in [2.05, 4.69) is 38.2 Å². The van der Waals surface area contributed by atoms with Gasteiger partial charge < -0.3 is 10.1 Å². The van der Waals surface area contributed by atoms with Gasteiger partial charge in [-0.3, -0.25) is 0 Å². The largest absolute Gasteiger partial charge is 0.457 e. The highest BCUT2D eigenvalue weighted by atomic mass is 35.5. The fraction of sp³-hybridized carbons (Fsp3) is 0.333. The van der Waals surface area contributed by atoms with Gasteiger partial charge in [0.05, 0.1) is 0 Å². The Morgan fingerprint density at radius 3 is 2.62 bits per heavy atom. The molecular formula is C18H22ClNO. The monoisotopic (exact) mass is 303 g/mol. The van der Waals surface area contributed by atoms with Crippen molar-refractivity contribution in [2.24, 2.45) is 0 Å². The first-order valence-electron chi connectivity index (χ1n) is 7.37. The summed E-state index contributed by atoms with van der Waals surface area (Å²) in [5.74, 6) is 1.66. The number of benzene rings is 2. The molecule has 2 rings (SSSR count). The van der Waals surface area contributed by atoms with E-state index in [-0.39, 0.29) is 0 Å². The summed E-state index contributed by atoms with van der Waals surface area (Å²) >= 11 is 6.32. The van der Waals surface area contributed by atoms with E-state index in [0.717, 1.165) is 28.5 Å². The van der Waals surface area contributed by atoms with Gasteiger partial charge in [-0.05, 0) is 36.2 Å². The zero-order valence-electron chi connectivity index (χ0n) is 12.8. The molecule has 112 valence electrons. The van der Waals surface area contributed by atoms with E-state index in [9.17, 15) is 0 Å². The molecule has 0 spiro atoms. The molecule has 0 amide bonds. The fourth-order valence-electron chi connectivity index (χ4n) is 2.07. The van der Waals surface area contributed by atoms with E-state index in [0.29, 0.717) is 12.6 Å². The molecule has 0 saturated heterocycles. The predicted octanol–water partition coefficient (Wildman–Crippen LogP) is 5.19. The summed E-state index contributed by atoms with van der Waals surface area (Å²) in [5.41, 5.74) is 2.26. The van der Waals surface area contributed by atoms with Gasteiger partial charge in [0.15, 0.2) is 0 Å². The maximum Gasteiger partial charge on any atom is 0.133 e. The molecule has 0 atom stereocenters. The van der Waals surface area contributed by atoms with Gasteiger partial charge in [0, 0.05) is 23.2 Å². The van der Waals surface area contributed by atoms with Crippen molar-refractivity contribution in [1.82, 2.24) is 5.32 Å². The number of halogens is 1. The highest BCUT2D eigenvalue weighted by Gasteiger charge is 2.10. The number of rotatable bonds is 6. The Kier molecular flexibility index (Phi) is 5.66. The van der Waals surface area contributed by atoms with Crippen molar-refractivity contribution in [3.05, 3.63) is 58.6 Å². The first kappa shape index (κ1) is 15.9. The number of aryl methyl sites for hydroxylation is 1. The van der Waals surface area contributed by atoms with Crippen LogP contribution in [0.2, 0.25) is 5.02 Å². The van der Waals surface area contributed by atoms with E-state index in [1.807, 2.05) is 30.3 Å². The van der Waals surface area contributed by atoms with Crippen LogP contribution < -0.4 is 10.1 Å². The van der Waals surface area contributed by atoms with Gasteiger partial charge in [0.1, 0.15) is 11.5 Å². The molecule has 0 aromatic heterocycles. The van der Waals surface area contributed by atoms with Crippen molar-refractivity contribution in [3.63, 3.8) is 0 Å². The van der Waals surface area contributed by atoms with Gasteiger partial charge in [-0.25, -0.2) is 0 Å². The van der Waals surface area contributed by atoms with Gasteiger partial charge in [-0.2, -0.15) is 0 Å². The first-order chi connectivity index (χ1) is 10.1. The highest BCUT2D eigenvalue weighted by molar-refractivity contribution is 6.31. The molecule has 21 heavy (non-hydrogen) atoms. The molecule has 0 unspecified atom stereocenters. The van der Waals surface area contributed by atoms with Gasteiger partial charge in [-0.1, -0.05) is 50.6 Å². The van der Waals surface area contributed by atoms with Crippen molar-refractivity contribution >= 4 is 11.6 Å². The summed E-state index contributed by atoms with van der Waals surface area (Å²) in [6.07, 6.45) is 0.995. The lowest BCUT2D eigenvalue weighted by Crippen LogP contribution is -2.22. The van der Waals surface area contributed by atoms with Crippen molar-refractivity contribution in [2.75, 3.05) is 0 Å². The highest BCUT2D eigenvalue weighted by Crippen LogP contribution is 2.30. The molecule has 2 aromatic rings. The number of hydrogen-bond acceptors (Lipinski definition) is 2. The van der Waals surface area contributed by atoms with E-state index in [1.54, 1.807) is 0 Å². The van der Waals surface area contributed by atoms with E-state index in [1.165, 1.54) is 5.56 Å². The van der Waals surface area contributed by atoms with Crippen LogP contribution in [-0.4, -0.2) is 6.04 Å². The van der Waals surface area contributed by atoms with Crippen molar-refractivity contribution < 1.29 is 4.74 Å². The molecule has 1 N–H and O–H groups in total. The Morgan fingerprint density at radius 2 is 1.90 bits per heavy atom. The summed E-state index contributed by atoms with van der Waals surface area (Å²) in [4.78, 5) is 0. The quantitative estimate of drug-likeness (QED) is 0.792. The van der Waals surface area contributed by atoms with Crippen LogP contribution in [0.1, 0.15) is 31.9 Å². The Hall–Kier alpha value is -1.51. The molecule has 0 aliphatic rings. The third-order valence-electron chi connectivity index (χ3n) is 3.30. The Morgan fingerprint density at radius 1 is 1.14 bits per heavy atom. The number of nitrogens with one attached hydrogen (secondary N) is 1. The average Bonchev–Trinajstić information content (AvgIpc) is 2.46. The molecule has 0 saturated carbocycles. The van der Waals surface area contributed by atoms with Gasteiger partial charge in [0.2, 0.25) is 0 Å². The van der Waals surface area contributed by atoms with Gasteiger partial charge in [-0.15, -0.1) is 0 Å². The lowest BCUT2D eigenvalue weighted by Gasteiger charge is -2.15. The third-order valence-corrected chi connectivity index (χ3v) is 3.65. The van der Waals surface area contributed by atoms with Gasteiger partial charge in [0.25, 0.3) is 0 Å². The van der Waals surface area contributed by atoms with Crippen LogP contribution in [0.15, 0.2) is 42.5 Å². The molecule has 0 aliphatic carbocycles. The topological polar surface area (TPSA) is 21.3 Å². The SMILES string of the molecule is CCc1cccc(Oc2cccc(Cl)c2CNC(C)C)c1. The van der Waals surface area contributed by atoms with Crippen molar-refractivity contribution in [1.29, 1.82) is 0 Å². The van der Waals surface area contributed by atoms with Crippen LogP contribution in [0, 0.1) is 0 Å². The minimum absolute atomic E-state index is 0.401. The zero-order chi connectivity index (χ0) is 15.2. The van der Waals surface area contributed by atoms with Gasteiger partial charge >= 0.3 is 0 Å². The lowest BCUT2D eigenvalue weighted by atomic mass is 10.1. The second-order valence-electron chi connectivity index (χ2n) is 5.36. The van der Waals surface area contributed by atoms with Crippen LogP contribution in [0.25, 0.3) is 0 Å². The Labute approximate surface area is 132 Å². The summed E-state index contributed by atoms with van der Waals surface area (Å²) in [6.45, 7) is 7.06. The second kappa shape index (κ2) is 7.48. The molecular weight excluding hydrogens is 282 g/mol. The normalized spacial score (nSPS) is 10.9. The maximum atomic E-state index is 6.32. The zero-order valence-corrected chi connectivity index (χ0v) is 13.6. The van der Waals surface area contributed by atoms with Crippen LogP contribution >= 0.6 is 11.6 Å². The van der Waals surface area contributed by atoms with Crippen LogP contribution in [0.5, 0.6) is 11.5 Å². The smallest absolute Gasteiger partial charge is 0.133 e. The Bertz CT molecular complexity index is 596. The number of hydrogen-bond donors (Lipinski definition) is 1. The van der Waals surface area contributed by atoms with Crippen LogP contribution in [0.4, 0.5) is 0 Å². The molecule has 0 aliphatic heterocycles. The molecule has 0 fully saturated rings. The fourth-order valence-corrected chi connectivity index (χ4v) is 2.30. The molecule has 0 radical (unpaired) electrons. The van der Waals surface area contributed by atoms with Crippen LogP contribution in [0.3, 0.4) is 0 Å². The lowest BCUT2D eigenvalue weighted by molar-refractivity contribution is 0.469. The summed E-state index contributed by atoms with van der Waals surface area (Å²) < 4.78 is 6.04. The average molecular weight is 304 g/mol. The van der Waals surface area contributed by atoms with E-state index in [4.69, 9.17) is 16.3 Å². The second-order valence-corrected chi connectivity index (χ2v) is 5.76. The van der Waals surface area contributed by atoms with Crippen molar-refractivity contribution in [3.8, 4) is 11.5 Å². The van der Waals surface area contributed by atoms with E-state index >= 15 is 0 Å². The first-order valence-corrected chi connectivity index (χ1v) is 7.75. The molecule has 2 aromatic carbocycles. The van der Waals surface area contributed by atoms with E-state index < -0.39 is 0 Å². The number of ether oxygens (including phenoxy) is 1. The van der Waals surface area contributed by atoms with Crippen molar-refractivity contribution in [2.45, 2.75) is 39.8 Å². The summed E-state index contributed by atoms with van der Waals surface area (Å²) in [5, 5.41) is 4.12. The summed E-state index contributed by atoms with van der Waals surface area (Å²) in [6, 6.07) is 14.3. The molecule has 0 bridgehead atoms. The standard InChI is InChI=1S/C18H22ClNO/c1-4-14-7-5-8-15(11-14)21-18-10-6-9-17(19)16(18)12-20-13(2)3/h5-11,13,20H,4,12H2,1-3H3. The minimum Gasteiger partial charge on any atom is -0.457 e. The Balaban J connectivity index is 2.24. The molecule has 0 heterocycles.